The zero-order valence-electron chi connectivity index (χ0n) is 17.5. The molecule has 2 heterocycles. The molecule has 1 amide bonds. The number of halogens is 1. The average Bonchev–Trinajstić information content (AvgIpc) is 2.70. The van der Waals surface area contributed by atoms with Crippen molar-refractivity contribution in [1.82, 2.24) is 10.2 Å². The fraction of sp³-hybridized carbons (Fsp3) is 0.682. The van der Waals surface area contributed by atoms with E-state index in [1.165, 1.54) is 12.1 Å². The van der Waals surface area contributed by atoms with Gasteiger partial charge in [0.1, 0.15) is 11.6 Å². The molecule has 1 aromatic rings. The molecule has 2 aliphatic heterocycles. The van der Waals surface area contributed by atoms with Gasteiger partial charge in [-0.15, -0.1) is 0 Å². The van der Waals surface area contributed by atoms with Gasteiger partial charge in [-0.1, -0.05) is 6.92 Å². The monoisotopic (exact) mass is 408 g/mol. The van der Waals surface area contributed by atoms with E-state index in [9.17, 15) is 14.3 Å². The minimum Gasteiger partial charge on any atom is -0.494 e. The first-order chi connectivity index (χ1) is 13.8. The van der Waals surface area contributed by atoms with Gasteiger partial charge in [-0.3, -0.25) is 4.79 Å². The number of carbonyl (C=O) groups excluding carboxylic acids is 1. The third-order valence-electron chi connectivity index (χ3n) is 6.11. The Kier molecular flexibility index (Phi) is 7.14. The molecule has 2 N–H and O–H groups in total. The van der Waals surface area contributed by atoms with Crippen molar-refractivity contribution in [2.75, 3.05) is 32.8 Å². The van der Waals surface area contributed by atoms with Gasteiger partial charge in [0.15, 0.2) is 0 Å². The van der Waals surface area contributed by atoms with E-state index in [4.69, 9.17) is 9.47 Å². The number of benzene rings is 1. The second kappa shape index (κ2) is 9.41. The topological polar surface area (TPSA) is 71.0 Å². The van der Waals surface area contributed by atoms with Crippen molar-refractivity contribution in [2.45, 2.75) is 63.2 Å². The molecule has 6 nitrogen and oxygen atoms in total. The van der Waals surface area contributed by atoms with Crippen LogP contribution in [0.3, 0.4) is 0 Å². The molecule has 0 unspecified atom stereocenters. The summed E-state index contributed by atoms with van der Waals surface area (Å²) in [6.07, 6.45) is 3.58. The molecule has 0 aliphatic carbocycles. The molecule has 0 saturated carbocycles. The fourth-order valence-electron chi connectivity index (χ4n) is 4.27. The number of hydrogen-bond acceptors (Lipinski definition) is 5. The standard InChI is InChI=1S/C22H33FN2O4/c1-3-20(26)24-19-15-29-22(16-21(19,2)27)9-12-25(13-10-22)11-4-14-28-18-7-5-17(23)6-8-18/h5-8,19,27H,3-4,9-16H2,1-2H3,(H,24,26)/t19-,21-/m0/s1. The van der Waals surface area contributed by atoms with Gasteiger partial charge in [-0.2, -0.15) is 0 Å². The highest BCUT2D eigenvalue weighted by Gasteiger charge is 2.49. The van der Waals surface area contributed by atoms with Crippen LogP contribution in [0.1, 0.15) is 46.0 Å². The summed E-state index contributed by atoms with van der Waals surface area (Å²) >= 11 is 0. The largest absolute Gasteiger partial charge is 0.494 e. The maximum absolute atomic E-state index is 12.9. The van der Waals surface area contributed by atoms with Gasteiger partial charge in [0.2, 0.25) is 5.91 Å². The van der Waals surface area contributed by atoms with Crippen LogP contribution in [0.2, 0.25) is 0 Å². The van der Waals surface area contributed by atoms with Crippen molar-refractivity contribution in [3.63, 3.8) is 0 Å². The van der Waals surface area contributed by atoms with Gasteiger partial charge >= 0.3 is 0 Å². The van der Waals surface area contributed by atoms with Gasteiger partial charge in [-0.25, -0.2) is 4.39 Å². The minimum absolute atomic E-state index is 0.0625. The van der Waals surface area contributed by atoms with Crippen molar-refractivity contribution in [3.8, 4) is 5.75 Å². The predicted molar refractivity (Wildman–Crippen MR) is 108 cm³/mol. The zero-order valence-corrected chi connectivity index (χ0v) is 17.5. The van der Waals surface area contributed by atoms with E-state index in [0.717, 1.165) is 38.9 Å². The van der Waals surface area contributed by atoms with Crippen LogP contribution < -0.4 is 10.1 Å². The molecule has 2 atom stereocenters. The van der Waals surface area contributed by atoms with E-state index in [-0.39, 0.29) is 23.4 Å². The Labute approximate surface area is 172 Å². The van der Waals surface area contributed by atoms with Crippen molar-refractivity contribution < 1.29 is 23.8 Å². The number of likely N-dealkylation sites (tertiary alicyclic amines) is 1. The number of amides is 1. The predicted octanol–water partition coefficient (Wildman–Crippen LogP) is 2.50. The Morgan fingerprint density at radius 1 is 1.34 bits per heavy atom. The molecule has 7 heteroatoms. The van der Waals surface area contributed by atoms with Crippen LogP contribution in [-0.2, 0) is 9.53 Å². The van der Waals surface area contributed by atoms with Crippen molar-refractivity contribution in [2.24, 2.45) is 0 Å². The first kappa shape index (κ1) is 22.0. The number of nitrogens with zero attached hydrogens (tertiary/aromatic N) is 1. The molecule has 1 aromatic carbocycles. The van der Waals surface area contributed by atoms with E-state index in [1.807, 2.05) is 0 Å². The summed E-state index contributed by atoms with van der Waals surface area (Å²) in [7, 11) is 0. The molecule has 0 aromatic heterocycles. The smallest absolute Gasteiger partial charge is 0.220 e. The molecular weight excluding hydrogens is 375 g/mol. The molecule has 29 heavy (non-hydrogen) atoms. The third kappa shape index (κ3) is 5.90. The number of carbonyl (C=O) groups is 1. The van der Waals surface area contributed by atoms with Gasteiger partial charge in [-0.05, 0) is 50.5 Å². The van der Waals surface area contributed by atoms with E-state index in [1.54, 1.807) is 26.0 Å². The van der Waals surface area contributed by atoms with Crippen LogP contribution in [0, 0.1) is 5.82 Å². The lowest BCUT2D eigenvalue weighted by molar-refractivity contribution is -0.189. The lowest BCUT2D eigenvalue weighted by atomic mass is 9.75. The highest BCUT2D eigenvalue weighted by atomic mass is 19.1. The molecule has 3 rings (SSSR count). The Balaban J connectivity index is 1.39. The van der Waals surface area contributed by atoms with Crippen LogP contribution in [-0.4, -0.2) is 66.0 Å². The summed E-state index contributed by atoms with van der Waals surface area (Å²) < 4.78 is 24.7. The Bertz CT molecular complexity index is 672. The highest BCUT2D eigenvalue weighted by molar-refractivity contribution is 5.76. The molecule has 2 aliphatic rings. The normalized spacial score (nSPS) is 27.0. The number of nitrogens with one attached hydrogen (secondary N) is 1. The summed E-state index contributed by atoms with van der Waals surface area (Å²) in [6.45, 7) is 7.31. The summed E-state index contributed by atoms with van der Waals surface area (Å²) in [5, 5.41) is 13.8. The lowest BCUT2D eigenvalue weighted by Gasteiger charge is -2.51. The van der Waals surface area contributed by atoms with Gasteiger partial charge < -0.3 is 24.8 Å². The summed E-state index contributed by atoms with van der Waals surface area (Å²) in [4.78, 5) is 14.1. The second-order valence-corrected chi connectivity index (χ2v) is 8.50. The number of ether oxygens (including phenoxy) is 2. The lowest BCUT2D eigenvalue weighted by Crippen LogP contribution is -2.63. The number of aliphatic hydroxyl groups is 1. The number of hydrogen-bond donors (Lipinski definition) is 2. The van der Waals surface area contributed by atoms with Gasteiger partial charge in [0, 0.05) is 32.5 Å². The van der Waals surface area contributed by atoms with Gasteiger partial charge in [0.25, 0.3) is 0 Å². The molecule has 2 saturated heterocycles. The maximum Gasteiger partial charge on any atom is 0.220 e. The van der Waals surface area contributed by atoms with Crippen LogP contribution in [0.25, 0.3) is 0 Å². The van der Waals surface area contributed by atoms with E-state index < -0.39 is 5.60 Å². The summed E-state index contributed by atoms with van der Waals surface area (Å²) in [5.41, 5.74) is -1.27. The molecule has 1 spiro atoms. The van der Waals surface area contributed by atoms with Crippen LogP contribution in [0.5, 0.6) is 5.75 Å². The molecule has 162 valence electrons. The highest BCUT2D eigenvalue weighted by Crippen LogP contribution is 2.39. The fourth-order valence-corrected chi connectivity index (χ4v) is 4.27. The molecule has 0 radical (unpaired) electrons. The maximum atomic E-state index is 12.9. The molecular formula is C22H33FN2O4. The molecule has 2 fully saturated rings. The quantitative estimate of drug-likeness (QED) is 0.679. The summed E-state index contributed by atoms with van der Waals surface area (Å²) in [5.74, 6) is 0.363. The van der Waals surface area contributed by atoms with E-state index >= 15 is 0 Å². The first-order valence-electron chi connectivity index (χ1n) is 10.6. The van der Waals surface area contributed by atoms with Crippen LogP contribution in [0.15, 0.2) is 24.3 Å². The zero-order chi connectivity index (χ0) is 20.9. The van der Waals surface area contributed by atoms with E-state index in [0.29, 0.717) is 31.8 Å². The average molecular weight is 409 g/mol. The van der Waals surface area contributed by atoms with Crippen molar-refractivity contribution >= 4 is 5.91 Å². The Hall–Kier alpha value is -1.70. The minimum atomic E-state index is -0.964. The Morgan fingerprint density at radius 3 is 2.66 bits per heavy atom. The van der Waals surface area contributed by atoms with E-state index in [2.05, 4.69) is 10.2 Å². The number of rotatable bonds is 7. The SMILES string of the molecule is CCC(=O)N[C@H]1COC2(CCN(CCCOc3ccc(F)cc3)CC2)C[C@]1(C)O. The molecule has 0 bridgehead atoms. The third-order valence-corrected chi connectivity index (χ3v) is 6.11. The van der Waals surface area contributed by atoms with Crippen molar-refractivity contribution in [3.05, 3.63) is 30.1 Å². The van der Waals surface area contributed by atoms with Crippen LogP contribution >= 0.6 is 0 Å². The second-order valence-electron chi connectivity index (χ2n) is 8.50. The van der Waals surface area contributed by atoms with Crippen LogP contribution in [0.4, 0.5) is 4.39 Å². The number of piperidine rings is 1. The summed E-state index contributed by atoms with van der Waals surface area (Å²) in [6, 6.07) is 5.72. The first-order valence-corrected chi connectivity index (χ1v) is 10.6. The Morgan fingerprint density at radius 2 is 2.03 bits per heavy atom. The van der Waals surface area contributed by atoms with Crippen molar-refractivity contribution in [1.29, 1.82) is 0 Å². The van der Waals surface area contributed by atoms with Gasteiger partial charge in [0.05, 0.1) is 30.5 Å².